The molecule has 0 saturated carbocycles. The SMILES string of the molecule is OC(C#CCCC#CC(O)(C(F)(F)F)C(F)(F)F)(C(F)(F)F)C(F)(F)F. The van der Waals surface area contributed by atoms with Gasteiger partial charge < -0.3 is 10.2 Å². The Bertz CT molecular complexity index is 530. The number of hydrogen-bond acceptors (Lipinski definition) is 2. The van der Waals surface area contributed by atoms with Gasteiger partial charge in [0.15, 0.2) is 0 Å². The van der Waals surface area contributed by atoms with Crippen molar-refractivity contribution in [3.63, 3.8) is 0 Å². The van der Waals surface area contributed by atoms with Crippen LogP contribution in [0.25, 0.3) is 0 Å². The molecule has 0 aromatic carbocycles. The first-order valence-corrected chi connectivity index (χ1v) is 5.92. The number of unbranched alkanes of at least 4 members (excludes halogenated alkanes) is 1. The minimum absolute atomic E-state index is 0.415. The molecule has 0 spiro atoms. The number of hydrogen-bond donors (Lipinski definition) is 2. The second-order valence-corrected chi connectivity index (χ2v) is 4.52. The van der Waals surface area contributed by atoms with Gasteiger partial charge in [-0.2, -0.15) is 52.7 Å². The molecular weight excluding hydrogens is 404 g/mol. The fourth-order valence-corrected chi connectivity index (χ4v) is 1.11. The van der Waals surface area contributed by atoms with Gasteiger partial charge in [-0.25, -0.2) is 0 Å². The molecule has 0 radical (unpaired) electrons. The van der Waals surface area contributed by atoms with Crippen LogP contribution in [-0.2, 0) is 0 Å². The summed E-state index contributed by atoms with van der Waals surface area (Å²) in [6.45, 7) is 0. The Balaban J connectivity index is 5.38. The van der Waals surface area contributed by atoms with Crippen LogP contribution < -0.4 is 0 Å². The van der Waals surface area contributed by atoms with E-state index in [0.29, 0.717) is 11.8 Å². The minimum Gasteiger partial charge on any atom is -0.363 e. The summed E-state index contributed by atoms with van der Waals surface area (Å²) < 4.78 is 147. The Morgan fingerprint density at radius 3 is 0.808 bits per heavy atom. The molecule has 26 heavy (non-hydrogen) atoms. The first-order valence-electron chi connectivity index (χ1n) is 5.92. The zero-order chi connectivity index (χ0) is 21.2. The predicted octanol–water partition coefficient (Wildman–Crippen LogP) is 3.48. The van der Waals surface area contributed by atoms with Crippen molar-refractivity contribution < 1.29 is 62.9 Å². The standard InChI is InChI=1S/C12H6F12O2/c13-9(14,15)7(25,10(16,17)18)5-3-1-2-4-6-8(26,11(19,20)21)12(22,23)24/h25-26H,1-2H2. The lowest BCUT2D eigenvalue weighted by atomic mass is 10.0. The van der Waals surface area contributed by atoms with Gasteiger partial charge in [0.1, 0.15) is 0 Å². The van der Waals surface area contributed by atoms with Crippen LogP contribution in [0.5, 0.6) is 0 Å². The third-order valence-electron chi connectivity index (χ3n) is 2.55. The molecule has 0 saturated heterocycles. The molecular formula is C12H6F12O2. The average molecular weight is 410 g/mol. The van der Waals surface area contributed by atoms with Crippen LogP contribution in [0.3, 0.4) is 0 Å². The topological polar surface area (TPSA) is 40.5 Å². The van der Waals surface area contributed by atoms with E-state index < -0.39 is 48.7 Å². The molecule has 0 amide bonds. The number of aliphatic hydroxyl groups is 2. The smallest absolute Gasteiger partial charge is 0.363 e. The fourth-order valence-electron chi connectivity index (χ4n) is 1.11. The van der Waals surface area contributed by atoms with Gasteiger partial charge in [-0.05, 0) is 11.8 Å². The van der Waals surface area contributed by atoms with E-state index in [-0.39, 0.29) is 0 Å². The van der Waals surface area contributed by atoms with Crippen LogP contribution in [0.4, 0.5) is 52.7 Å². The normalized spacial score (nSPS) is 14.2. The quantitative estimate of drug-likeness (QED) is 0.395. The van der Waals surface area contributed by atoms with E-state index in [0.717, 1.165) is 11.8 Å². The highest BCUT2D eigenvalue weighted by atomic mass is 19.4. The van der Waals surface area contributed by atoms with Crippen LogP contribution in [0.15, 0.2) is 0 Å². The van der Waals surface area contributed by atoms with Crippen molar-refractivity contribution in [3.8, 4) is 23.7 Å². The molecule has 2 N–H and O–H groups in total. The fraction of sp³-hybridized carbons (Fsp3) is 0.667. The van der Waals surface area contributed by atoms with Gasteiger partial charge in [-0.15, -0.1) is 0 Å². The molecule has 0 aliphatic heterocycles. The molecule has 2 nitrogen and oxygen atoms in total. The van der Waals surface area contributed by atoms with Gasteiger partial charge in [-0.1, -0.05) is 11.8 Å². The molecule has 0 bridgehead atoms. The Morgan fingerprint density at radius 1 is 0.462 bits per heavy atom. The zero-order valence-electron chi connectivity index (χ0n) is 11.8. The number of alkyl halides is 12. The van der Waals surface area contributed by atoms with E-state index in [1.54, 1.807) is 0 Å². The summed E-state index contributed by atoms with van der Waals surface area (Å²) in [5, 5.41) is 17.2. The lowest BCUT2D eigenvalue weighted by Crippen LogP contribution is -2.55. The summed E-state index contributed by atoms with van der Waals surface area (Å²) >= 11 is 0. The molecule has 0 heterocycles. The summed E-state index contributed by atoms with van der Waals surface area (Å²) in [5.74, 6) is 3.06. The lowest BCUT2D eigenvalue weighted by molar-refractivity contribution is -0.344. The third-order valence-corrected chi connectivity index (χ3v) is 2.55. The van der Waals surface area contributed by atoms with Gasteiger partial charge in [0, 0.05) is 12.8 Å². The van der Waals surface area contributed by atoms with Crippen LogP contribution in [-0.4, -0.2) is 46.1 Å². The molecule has 0 unspecified atom stereocenters. The maximum absolute atomic E-state index is 12.2. The van der Waals surface area contributed by atoms with E-state index in [9.17, 15) is 52.7 Å². The van der Waals surface area contributed by atoms with Gasteiger partial charge in [-0.3, -0.25) is 0 Å². The summed E-state index contributed by atoms with van der Waals surface area (Å²) in [5.41, 5.74) is -10.9. The van der Waals surface area contributed by atoms with Gasteiger partial charge in [0.2, 0.25) is 0 Å². The molecule has 14 heteroatoms. The first-order chi connectivity index (χ1) is 11.2. The Labute approximate surface area is 136 Å². The highest BCUT2D eigenvalue weighted by molar-refractivity contribution is 5.23. The Kier molecular flexibility index (Phi) is 6.59. The highest BCUT2D eigenvalue weighted by Crippen LogP contribution is 2.43. The first kappa shape index (κ1) is 24.2. The minimum atomic E-state index is -6.27. The van der Waals surface area contributed by atoms with E-state index in [1.165, 1.54) is 0 Å². The zero-order valence-corrected chi connectivity index (χ0v) is 11.8. The summed E-state index contributed by atoms with van der Waals surface area (Å²) in [4.78, 5) is 0. The van der Waals surface area contributed by atoms with E-state index in [1.807, 2.05) is 0 Å². The summed E-state index contributed by atoms with van der Waals surface area (Å²) in [7, 11) is 0. The molecule has 0 fully saturated rings. The van der Waals surface area contributed by atoms with Crippen molar-refractivity contribution in [1.29, 1.82) is 0 Å². The van der Waals surface area contributed by atoms with Crippen molar-refractivity contribution in [2.45, 2.75) is 48.7 Å². The molecule has 0 aliphatic carbocycles. The van der Waals surface area contributed by atoms with Crippen LogP contribution in [0, 0.1) is 23.7 Å². The molecule has 0 aromatic rings. The van der Waals surface area contributed by atoms with Gasteiger partial charge >= 0.3 is 35.9 Å². The van der Waals surface area contributed by atoms with E-state index >= 15 is 0 Å². The highest BCUT2D eigenvalue weighted by Gasteiger charge is 2.71. The second-order valence-electron chi connectivity index (χ2n) is 4.52. The Hall–Kier alpha value is -1.80. The van der Waals surface area contributed by atoms with E-state index in [2.05, 4.69) is 0 Å². The molecule has 0 atom stereocenters. The van der Waals surface area contributed by atoms with E-state index in [4.69, 9.17) is 10.2 Å². The average Bonchev–Trinajstić information content (AvgIpc) is 2.36. The van der Waals surface area contributed by atoms with Crippen molar-refractivity contribution >= 4 is 0 Å². The van der Waals surface area contributed by atoms with Crippen LogP contribution in [0.1, 0.15) is 12.8 Å². The third kappa shape index (κ3) is 4.88. The number of halogens is 12. The lowest BCUT2D eigenvalue weighted by Gasteiger charge is -2.27. The molecule has 0 rings (SSSR count). The van der Waals surface area contributed by atoms with Crippen molar-refractivity contribution in [3.05, 3.63) is 0 Å². The largest absolute Gasteiger partial charge is 0.438 e. The van der Waals surface area contributed by atoms with Crippen molar-refractivity contribution in [1.82, 2.24) is 0 Å². The Morgan fingerprint density at radius 2 is 0.654 bits per heavy atom. The van der Waals surface area contributed by atoms with Crippen LogP contribution >= 0.6 is 0 Å². The monoisotopic (exact) mass is 410 g/mol. The second kappa shape index (κ2) is 7.08. The van der Waals surface area contributed by atoms with Gasteiger partial charge in [0.05, 0.1) is 0 Å². The molecule has 0 aromatic heterocycles. The van der Waals surface area contributed by atoms with Crippen molar-refractivity contribution in [2.75, 3.05) is 0 Å². The number of rotatable bonds is 1. The summed E-state index contributed by atoms with van der Waals surface area (Å²) in [6.07, 6.45) is -27.4. The molecule has 0 aliphatic rings. The summed E-state index contributed by atoms with van der Waals surface area (Å²) in [6, 6.07) is 0. The maximum Gasteiger partial charge on any atom is 0.438 e. The van der Waals surface area contributed by atoms with Crippen LogP contribution in [0.2, 0.25) is 0 Å². The predicted molar refractivity (Wildman–Crippen MR) is 58.9 cm³/mol. The van der Waals surface area contributed by atoms with Gasteiger partial charge in [0.25, 0.3) is 0 Å². The van der Waals surface area contributed by atoms with Crippen molar-refractivity contribution in [2.24, 2.45) is 0 Å². The maximum atomic E-state index is 12.2. The molecule has 150 valence electrons.